The van der Waals surface area contributed by atoms with Gasteiger partial charge in [0.25, 0.3) is 0 Å². The molecule has 31 heavy (non-hydrogen) atoms. The molecule has 3 aromatic rings. The number of hydrogen-bond acceptors (Lipinski definition) is 5. The summed E-state index contributed by atoms with van der Waals surface area (Å²) < 4.78 is 5.72. The summed E-state index contributed by atoms with van der Waals surface area (Å²) in [6, 6.07) is 12.6. The minimum atomic E-state index is -0.334. The van der Waals surface area contributed by atoms with Gasteiger partial charge in [0.05, 0.1) is 28.7 Å². The lowest BCUT2D eigenvalue weighted by Crippen LogP contribution is -2.35. The standard InChI is InChI=1S/C22H21Cl2N3O3S/c1-14-3-6-17(7-4-14)30-12-21-26-16(13-31-21)10-22(29)27(2)11-20(28)25-15-5-8-18(23)19(24)9-15/h3-9,13H,10-12H2,1-2H3,(H,25,28). The van der Waals surface area contributed by atoms with Crippen LogP contribution in [0, 0.1) is 6.92 Å². The number of halogens is 2. The summed E-state index contributed by atoms with van der Waals surface area (Å²) in [5.41, 5.74) is 2.32. The van der Waals surface area contributed by atoms with E-state index in [-0.39, 0.29) is 24.8 Å². The smallest absolute Gasteiger partial charge is 0.243 e. The van der Waals surface area contributed by atoms with E-state index in [1.807, 2.05) is 36.6 Å². The van der Waals surface area contributed by atoms with Crippen molar-refractivity contribution in [2.75, 3.05) is 18.9 Å². The molecule has 0 atom stereocenters. The average molecular weight is 478 g/mol. The van der Waals surface area contributed by atoms with Crippen molar-refractivity contribution in [2.24, 2.45) is 0 Å². The lowest BCUT2D eigenvalue weighted by molar-refractivity contribution is -0.132. The molecule has 1 heterocycles. The number of benzene rings is 2. The first-order valence-electron chi connectivity index (χ1n) is 9.42. The van der Waals surface area contributed by atoms with Crippen molar-refractivity contribution in [3.05, 3.63) is 74.2 Å². The van der Waals surface area contributed by atoms with Crippen LogP contribution in [0.3, 0.4) is 0 Å². The highest BCUT2D eigenvalue weighted by Crippen LogP contribution is 2.25. The normalized spacial score (nSPS) is 10.6. The summed E-state index contributed by atoms with van der Waals surface area (Å²) >= 11 is 13.2. The predicted molar refractivity (Wildman–Crippen MR) is 124 cm³/mol. The predicted octanol–water partition coefficient (Wildman–Crippen LogP) is 4.98. The molecule has 9 heteroatoms. The Balaban J connectivity index is 1.47. The maximum atomic E-state index is 12.5. The fourth-order valence-electron chi connectivity index (χ4n) is 2.64. The van der Waals surface area contributed by atoms with Crippen molar-refractivity contribution in [1.82, 2.24) is 9.88 Å². The number of nitrogens with zero attached hydrogens (tertiary/aromatic N) is 2. The Labute approximate surface area is 194 Å². The third kappa shape index (κ3) is 6.95. The van der Waals surface area contributed by atoms with Gasteiger partial charge in [-0.2, -0.15) is 0 Å². The number of aromatic nitrogens is 1. The first kappa shape index (κ1) is 23.1. The van der Waals surface area contributed by atoms with E-state index in [1.165, 1.54) is 16.2 Å². The van der Waals surface area contributed by atoms with Crippen LogP contribution in [-0.2, 0) is 22.6 Å². The van der Waals surface area contributed by atoms with Crippen LogP contribution < -0.4 is 10.1 Å². The van der Waals surface area contributed by atoms with Gasteiger partial charge in [-0.3, -0.25) is 9.59 Å². The second-order valence-electron chi connectivity index (χ2n) is 6.94. The van der Waals surface area contributed by atoms with Crippen LogP contribution in [0.1, 0.15) is 16.3 Å². The van der Waals surface area contributed by atoms with Crippen LogP contribution in [-0.4, -0.2) is 35.3 Å². The number of nitrogens with one attached hydrogen (secondary N) is 1. The molecule has 0 saturated heterocycles. The number of rotatable bonds is 8. The van der Waals surface area contributed by atoms with E-state index in [4.69, 9.17) is 27.9 Å². The number of ether oxygens (including phenoxy) is 1. The fraction of sp³-hybridized carbons (Fsp3) is 0.227. The van der Waals surface area contributed by atoms with Crippen LogP contribution in [0.4, 0.5) is 5.69 Å². The van der Waals surface area contributed by atoms with Crippen LogP contribution in [0.25, 0.3) is 0 Å². The molecule has 0 aliphatic heterocycles. The average Bonchev–Trinajstić information content (AvgIpc) is 3.17. The number of carbonyl (C=O) groups is 2. The minimum absolute atomic E-state index is 0.0907. The fourth-order valence-corrected chi connectivity index (χ4v) is 3.65. The monoisotopic (exact) mass is 477 g/mol. The van der Waals surface area contributed by atoms with Crippen molar-refractivity contribution in [3.8, 4) is 5.75 Å². The third-order valence-corrected chi connectivity index (χ3v) is 5.94. The quantitative estimate of drug-likeness (QED) is 0.496. The summed E-state index contributed by atoms with van der Waals surface area (Å²) in [6.07, 6.45) is 0.109. The van der Waals surface area contributed by atoms with E-state index >= 15 is 0 Å². The number of carbonyl (C=O) groups excluding carboxylic acids is 2. The summed E-state index contributed by atoms with van der Waals surface area (Å²) in [7, 11) is 1.57. The molecule has 1 N–H and O–H groups in total. The van der Waals surface area contributed by atoms with Gasteiger partial charge >= 0.3 is 0 Å². The number of likely N-dealkylation sites (N-methyl/N-ethyl adjacent to an activating group) is 1. The maximum absolute atomic E-state index is 12.5. The molecule has 0 fully saturated rings. The Kier molecular flexibility index (Phi) is 7.90. The van der Waals surface area contributed by atoms with Gasteiger partial charge in [0.1, 0.15) is 17.4 Å². The van der Waals surface area contributed by atoms with Gasteiger partial charge in [-0.1, -0.05) is 40.9 Å². The molecular weight excluding hydrogens is 457 g/mol. The Morgan fingerprint density at radius 1 is 1.13 bits per heavy atom. The molecule has 6 nitrogen and oxygen atoms in total. The van der Waals surface area contributed by atoms with E-state index in [9.17, 15) is 9.59 Å². The molecule has 0 spiro atoms. The van der Waals surface area contributed by atoms with Crippen molar-refractivity contribution in [3.63, 3.8) is 0 Å². The van der Waals surface area contributed by atoms with Crippen molar-refractivity contribution in [1.29, 1.82) is 0 Å². The van der Waals surface area contributed by atoms with Crippen LogP contribution >= 0.6 is 34.5 Å². The molecule has 3 rings (SSSR count). The number of aryl methyl sites for hydroxylation is 1. The Hall–Kier alpha value is -2.61. The van der Waals surface area contributed by atoms with Crippen molar-refractivity contribution >= 4 is 52.0 Å². The van der Waals surface area contributed by atoms with Gasteiger partial charge in [0, 0.05) is 18.1 Å². The van der Waals surface area contributed by atoms with Crippen molar-refractivity contribution in [2.45, 2.75) is 20.0 Å². The molecule has 2 amide bonds. The molecule has 0 radical (unpaired) electrons. The molecular formula is C22H21Cl2N3O3S. The zero-order valence-electron chi connectivity index (χ0n) is 17.0. The second kappa shape index (κ2) is 10.6. The van der Waals surface area contributed by atoms with Gasteiger partial charge in [0.15, 0.2) is 0 Å². The first-order chi connectivity index (χ1) is 14.8. The molecule has 0 bridgehead atoms. The van der Waals surface area contributed by atoms with Gasteiger partial charge in [0.2, 0.25) is 11.8 Å². The number of thiazole rings is 1. The lowest BCUT2D eigenvalue weighted by atomic mass is 10.2. The SMILES string of the molecule is Cc1ccc(OCc2nc(CC(=O)N(C)CC(=O)Nc3ccc(Cl)c(Cl)c3)cs2)cc1. The first-order valence-corrected chi connectivity index (χ1v) is 11.1. The molecule has 2 aromatic carbocycles. The molecule has 0 aliphatic carbocycles. The summed E-state index contributed by atoms with van der Waals surface area (Å²) in [5, 5.41) is 6.05. The highest BCUT2D eigenvalue weighted by molar-refractivity contribution is 7.09. The van der Waals surface area contributed by atoms with Gasteiger partial charge < -0.3 is 15.0 Å². The molecule has 162 valence electrons. The summed E-state index contributed by atoms with van der Waals surface area (Å²) in [5.74, 6) is 0.228. The highest BCUT2D eigenvalue weighted by atomic mass is 35.5. The van der Waals surface area contributed by atoms with Crippen LogP contribution in [0.2, 0.25) is 10.0 Å². The maximum Gasteiger partial charge on any atom is 0.243 e. The van der Waals surface area contributed by atoms with E-state index in [0.29, 0.717) is 28.0 Å². The molecule has 0 aliphatic rings. The Bertz CT molecular complexity index is 1070. The van der Waals surface area contributed by atoms with Crippen molar-refractivity contribution < 1.29 is 14.3 Å². The van der Waals surface area contributed by atoms with E-state index in [2.05, 4.69) is 10.3 Å². The Morgan fingerprint density at radius 3 is 2.58 bits per heavy atom. The summed E-state index contributed by atoms with van der Waals surface area (Å²) in [4.78, 5) is 30.5. The van der Waals surface area contributed by atoms with Gasteiger partial charge in [-0.25, -0.2) is 4.98 Å². The molecule has 0 saturated carbocycles. The highest BCUT2D eigenvalue weighted by Gasteiger charge is 2.16. The lowest BCUT2D eigenvalue weighted by Gasteiger charge is -2.16. The number of anilines is 1. The number of hydrogen-bond donors (Lipinski definition) is 1. The third-order valence-electron chi connectivity index (χ3n) is 4.32. The van der Waals surface area contributed by atoms with Gasteiger partial charge in [-0.15, -0.1) is 11.3 Å². The van der Waals surface area contributed by atoms with E-state index in [1.54, 1.807) is 25.2 Å². The zero-order chi connectivity index (χ0) is 22.4. The van der Waals surface area contributed by atoms with Crippen LogP contribution in [0.15, 0.2) is 47.8 Å². The van der Waals surface area contributed by atoms with E-state index < -0.39 is 0 Å². The molecule has 1 aromatic heterocycles. The second-order valence-corrected chi connectivity index (χ2v) is 8.70. The minimum Gasteiger partial charge on any atom is -0.486 e. The van der Waals surface area contributed by atoms with E-state index in [0.717, 1.165) is 16.3 Å². The number of amides is 2. The van der Waals surface area contributed by atoms with Gasteiger partial charge in [-0.05, 0) is 37.3 Å². The largest absolute Gasteiger partial charge is 0.486 e. The topological polar surface area (TPSA) is 71.5 Å². The van der Waals surface area contributed by atoms with Crippen LogP contribution in [0.5, 0.6) is 5.75 Å². The summed E-state index contributed by atoms with van der Waals surface area (Å²) in [6.45, 7) is 2.26. The molecule has 0 unspecified atom stereocenters. The Morgan fingerprint density at radius 2 is 1.87 bits per heavy atom. The zero-order valence-corrected chi connectivity index (χ0v) is 19.4.